The monoisotopic (exact) mass is 200 g/mol. The van der Waals surface area contributed by atoms with Gasteiger partial charge in [-0.3, -0.25) is 4.79 Å². The van der Waals surface area contributed by atoms with Crippen LogP contribution in [0.2, 0.25) is 0 Å². The second-order valence-electron chi connectivity index (χ2n) is 3.52. The molecule has 0 heterocycles. The maximum Gasteiger partial charge on any atom is 0.308 e. The van der Waals surface area contributed by atoms with Crippen LogP contribution in [0.15, 0.2) is 36.4 Å². The molecule has 0 atom stereocenters. The maximum absolute atomic E-state index is 10.9. The summed E-state index contributed by atoms with van der Waals surface area (Å²) >= 11 is 0. The normalized spacial score (nSPS) is 10.3. The third-order valence-corrected chi connectivity index (χ3v) is 2.36. The van der Waals surface area contributed by atoms with Crippen molar-refractivity contribution in [3.8, 4) is 5.75 Å². The minimum atomic E-state index is -0.288. The molecule has 0 aliphatic heterocycles. The van der Waals surface area contributed by atoms with Crippen molar-refractivity contribution < 1.29 is 9.53 Å². The summed E-state index contributed by atoms with van der Waals surface area (Å²) in [4.78, 5) is 10.9. The van der Waals surface area contributed by atoms with Gasteiger partial charge in [0, 0.05) is 12.3 Å². The molecule has 2 nitrogen and oxygen atoms in total. The van der Waals surface area contributed by atoms with Crippen molar-refractivity contribution in [2.75, 3.05) is 0 Å². The average molecular weight is 200 g/mol. The lowest BCUT2D eigenvalue weighted by atomic mass is 10.1. The molecule has 0 radical (unpaired) electrons. The summed E-state index contributed by atoms with van der Waals surface area (Å²) < 4.78 is 5.14. The topological polar surface area (TPSA) is 26.3 Å². The number of rotatable bonds is 1. The molecular formula is C13H12O2. The number of carbonyl (C=O) groups is 1. The van der Waals surface area contributed by atoms with E-state index in [2.05, 4.69) is 0 Å². The largest absolute Gasteiger partial charge is 0.426 e. The third-order valence-electron chi connectivity index (χ3n) is 2.36. The number of esters is 1. The van der Waals surface area contributed by atoms with Crippen LogP contribution in [-0.2, 0) is 4.79 Å². The molecule has 0 fully saturated rings. The van der Waals surface area contributed by atoms with Crippen molar-refractivity contribution >= 4 is 16.7 Å². The first-order valence-corrected chi connectivity index (χ1v) is 4.85. The molecule has 0 aromatic heterocycles. The van der Waals surface area contributed by atoms with E-state index < -0.39 is 0 Å². The summed E-state index contributed by atoms with van der Waals surface area (Å²) in [6.07, 6.45) is 0. The number of aryl methyl sites for hydroxylation is 1. The van der Waals surface area contributed by atoms with E-state index in [0.717, 1.165) is 10.8 Å². The van der Waals surface area contributed by atoms with Gasteiger partial charge >= 0.3 is 5.97 Å². The van der Waals surface area contributed by atoms with E-state index >= 15 is 0 Å². The van der Waals surface area contributed by atoms with Crippen molar-refractivity contribution in [3.63, 3.8) is 0 Å². The Hall–Kier alpha value is -1.83. The summed E-state index contributed by atoms with van der Waals surface area (Å²) in [5.74, 6) is 0.340. The number of hydrogen-bond acceptors (Lipinski definition) is 2. The summed E-state index contributed by atoms with van der Waals surface area (Å²) in [7, 11) is 0. The molecule has 2 aromatic carbocycles. The highest BCUT2D eigenvalue weighted by molar-refractivity contribution is 5.92. The zero-order chi connectivity index (χ0) is 10.8. The van der Waals surface area contributed by atoms with E-state index in [1.807, 2.05) is 43.3 Å². The Morgan fingerprint density at radius 1 is 1.07 bits per heavy atom. The van der Waals surface area contributed by atoms with E-state index in [0.29, 0.717) is 5.75 Å². The van der Waals surface area contributed by atoms with Gasteiger partial charge < -0.3 is 4.74 Å². The molecule has 0 unspecified atom stereocenters. The second-order valence-corrected chi connectivity index (χ2v) is 3.52. The molecule has 2 aromatic rings. The predicted octanol–water partition coefficient (Wildman–Crippen LogP) is 3.07. The Morgan fingerprint density at radius 3 is 2.40 bits per heavy atom. The SMILES string of the molecule is CC(=O)Oc1ccc(C)c2ccccc12. The van der Waals surface area contributed by atoms with Crippen molar-refractivity contribution in [1.82, 2.24) is 0 Å². The van der Waals surface area contributed by atoms with E-state index in [-0.39, 0.29) is 5.97 Å². The van der Waals surface area contributed by atoms with E-state index in [1.54, 1.807) is 0 Å². The van der Waals surface area contributed by atoms with Gasteiger partial charge in [0.05, 0.1) is 0 Å². The Labute approximate surface area is 88.5 Å². The van der Waals surface area contributed by atoms with Gasteiger partial charge in [0.25, 0.3) is 0 Å². The molecule has 2 heteroatoms. The molecule has 2 rings (SSSR count). The van der Waals surface area contributed by atoms with Gasteiger partial charge in [-0.1, -0.05) is 30.3 Å². The molecule has 76 valence electrons. The number of hydrogen-bond donors (Lipinski definition) is 0. The fourth-order valence-corrected chi connectivity index (χ4v) is 1.67. The van der Waals surface area contributed by atoms with Crippen LogP contribution in [0, 0.1) is 6.92 Å². The predicted molar refractivity (Wildman–Crippen MR) is 60.0 cm³/mol. The summed E-state index contributed by atoms with van der Waals surface area (Å²) in [6.45, 7) is 3.45. The van der Waals surface area contributed by atoms with E-state index in [9.17, 15) is 4.79 Å². The number of carbonyl (C=O) groups excluding carboxylic acids is 1. The molecule has 0 saturated carbocycles. The lowest BCUT2D eigenvalue weighted by molar-refractivity contribution is -0.131. The van der Waals surface area contributed by atoms with Crippen LogP contribution in [0.3, 0.4) is 0 Å². The fraction of sp³-hybridized carbons (Fsp3) is 0.154. The first-order valence-electron chi connectivity index (χ1n) is 4.85. The van der Waals surface area contributed by atoms with Crippen molar-refractivity contribution in [2.24, 2.45) is 0 Å². The quantitative estimate of drug-likeness (QED) is 0.522. The lowest BCUT2D eigenvalue weighted by Gasteiger charge is -2.07. The smallest absolute Gasteiger partial charge is 0.308 e. The van der Waals surface area contributed by atoms with Gasteiger partial charge in [0.15, 0.2) is 0 Å². The number of fused-ring (bicyclic) bond motifs is 1. The molecule has 0 saturated heterocycles. The third kappa shape index (κ3) is 1.84. The fourth-order valence-electron chi connectivity index (χ4n) is 1.67. The van der Waals surface area contributed by atoms with Crippen molar-refractivity contribution in [2.45, 2.75) is 13.8 Å². The summed E-state index contributed by atoms with van der Waals surface area (Å²) in [5, 5.41) is 2.10. The highest BCUT2D eigenvalue weighted by Crippen LogP contribution is 2.27. The zero-order valence-corrected chi connectivity index (χ0v) is 8.78. The first kappa shape index (κ1) is 9.71. The summed E-state index contributed by atoms with van der Waals surface area (Å²) in [5.41, 5.74) is 1.18. The molecule has 0 aliphatic rings. The highest BCUT2D eigenvalue weighted by Gasteiger charge is 2.05. The lowest BCUT2D eigenvalue weighted by Crippen LogP contribution is -2.01. The molecule has 0 spiro atoms. The Bertz CT molecular complexity index is 515. The zero-order valence-electron chi connectivity index (χ0n) is 8.78. The minimum absolute atomic E-state index is 0.288. The number of benzene rings is 2. The first-order chi connectivity index (χ1) is 7.18. The van der Waals surface area contributed by atoms with E-state index in [4.69, 9.17) is 4.74 Å². The van der Waals surface area contributed by atoms with Gasteiger partial charge in [0.2, 0.25) is 0 Å². The van der Waals surface area contributed by atoms with Crippen LogP contribution in [0.1, 0.15) is 12.5 Å². The van der Waals surface area contributed by atoms with Crippen LogP contribution >= 0.6 is 0 Å². The van der Waals surface area contributed by atoms with Crippen LogP contribution in [0.4, 0.5) is 0 Å². The maximum atomic E-state index is 10.9. The second kappa shape index (κ2) is 3.73. The van der Waals surface area contributed by atoms with Crippen LogP contribution in [0.25, 0.3) is 10.8 Å². The van der Waals surface area contributed by atoms with Gasteiger partial charge in [-0.25, -0.2) is 0 Å². The highest BCUT2D eigenvalue weighted by atomic mass is 16.5. The van der Waals surface area contributed by atoms with Crippen LogP contribution in [-0.4, -0.2) is 5.97 Å². The standard InChI is InChI=1S/C13H12O2/c1-9-7-8-13(15-10(2)14)12-6-4-3-5-11(9)12/h3-8H,1-2H3. The van der Waals surface area contributed by atoms with Gasteiger partial charge in [-0.2, -0.15) is 0 Å². The van der Waals surface area contributed by atoms with Gasteiger partial charge in [-0.05, 0) is 23.9 Å². The summed E-state index contributed by atoms with van der Waals surface area (Å²) in [6, 6.07) is 11.7. The molecule has 0 N–H and O–H groups in total. The molecule has 0 amide bonds. The number of ether oxygens (including phenoxy) is 1. The molecular weight excluding hydrogens is 188 g/mol. The minimum Gasteiger partial charge on any atom is -0.426 e. The van der Waals surface area contributed by atoms with Crippen molar-refractivity contribution in [1.29, 1.82) is 0 Å². The Kier molecular flexibility index (Phi) is 2.42. The van der Waals surface area contributed by atoms with Gasteiger partial charge in [0.1, 0.15) is 5.75 Å². The molecule has 0 aliphatic carbocycles. The van der Waals surface area contributed by atoms with Crippen LogP contribution < -0.4 is 4.74 Å². The van der Waals surface area contributed by atoms with Crippen LogP contribution in [0.5, 0.6) is 5.75 Å². The molecule has 15 heavy (non-hydrogen) atoms. The Morgan fingerprint density at radius 2 is 1.73 bits per heavy atom. The molecule has 0 bridgehead atoms. The van der Waals surface area contributed by atoms with Gasteiger partial charge in [-0.15, -0.1) is 0 Å². The van der Waals surface area contributed by atoms with E-state index in [1.165, 1.54) is 12.5 Å². The average Bonchev–Trinajstić information content (AvgIpc) is 2.22. The Balaban J connectivity index is 2.66. The van der Waals surface area contributed by atoms with Crippen molar-refractivity contribution in [3.05, 3.63) is 42.0 Å².